The second-order valence-corrected chi connectivity index (χ2v) is 7.60. The molecular weight excluding hydrogens is 396 g/mol. The van der Waals surface area contributed by atoms with Crippen molar-refractivity contribution in [1.82, 2.24) is 25.8 Å². The smallest absolute Gasteiger partial charge is 0.228 e. The highest BCUT2D eigenvalue weighted by Crippen LogP contribution is 2.20. The number of guanidine groups is 1. The van der Waals surface area contributed by atoms with Gasteiger partial charge in [-0.15, -0.1) is 11.3 Å². The molecule has 0 saturated carbocycles. The molecule has 0 bridgehead atoms. The summed E-state index contributed by atoms with van der Waals surface area (Å²) < 4.78 is 5.33. The molecule has 28 heavy (non-hydrogen) atoms. The number of benzene rings is 1. The van der Waals surface area contributed by atoms with Crippen molar-refractivity contribution in [1.29, 1.82) is 0 Å². The topological polar surface area (TPSA) is 88.2 Å². The molecule has 0 aliphatic rings. The van der Waals surface area contributed by atoms with Gasteiger partial charge in [0.2, 0.25) is 11.7 Å². The van der Waals surface area contributed by atoms with Crippen molar-refractivity contribution in [2.45, 2.75) is 33.2 Å². The Balaban J connectivity index is 1.53. The van der Waals surface area contributed by atoms with E-state index < -0.39 is 0 Å². The van der Waals surface area contributed by atoms with Gasteiger partial charge in [-0.2, -0.15) is 4.98 Å². The molecule has 148 valence electrons. The Bertz CT molecular complexity index is 923. The van der Waals surface area contributed by atoms with Crippen LogP contribution in [0.15, 0.2) is 40.0 Å². The van der Waals surface area contributed by atoms with Crippen LogP contribution in [0.4, 0.5) is 0 Å². The molecule has 7 nitrogen and oxygen atoms in total. The molecular formula is C19H23ClN6OS. The molecule has 0 spiro atoms. The Labute approximate surface area is 173 Å². The van der Waals surface area contributed by atoms with E-state index in [1.807, 2.05) is 37.4 Å². The minimum absolute atomic E-state index is 0.536. The highest BCUT2D eigenvalue weighted by Gasteiger charge is 2.09. The van der Waals surface area contributed by atoms with Gasteiger partial charge in [-0.05, 0) is 25.5 Å². The number of nitrogens with zero attached hydrogens (tertiary/aromatic N) is 4. The molecule has 0 unspecified atom stereocenters. The summed E-state index contributed by atoms with van der Waals surface area (Å²) in [5.74, 6) is 1.84. The summed E-state index contributed by atoms with van der Waals surface area (Å²) in [4.78, 5) is 14.7. The van der Waals surface area contributed by atoms with Crippen molar-refractivity contribution in [3.8, 4) is 11.4 Å². The zero-order valence-electron chi connectivity index (χ0n) is 15.9. The highest BCUT2D eigenvalue weighted by atomic mass is 35.5. The number of halogens is 1. The molecule has 3 rings (SSSR count). The first kappa shape index (κ1) is 20.3. The number of aromatic nitrogens is 3. The normalized spacial score (nSPS) is 11.6. The molecule has 2 N–H and O–H groups in total. The number of thiazole rings is 1. The third-order valence-corrected chi connectivity index (χ3v) is 5.21. The van der Waals surface area contributed by atoms with Gasteiger partial charge in [-0.3, -0.25) is 0 Å². The fourth-order valence-corrected chi connectivity index (χ4v) is 3.44. The minimum Gasteiger partial charge on any atom is -0.357 e. The second kappa shape index (κ2) is 10.2. The Kier molecular flexibility index (Phi) is 7.39. The standard InChI is InChI=1S/C19H23ClN6OS/c1-3-15-11-23-17(28-15)12-24-19(21-4-2)22-9-8-16-25-18(26-27-16)13-6-5-7-14(20)10-13/h5-7,10-11H,3-4,8-9,12H2,1-2H3,(H2,21,22,24). The number of hydrogen-bond acceptors (Lipinski definition) is 6. The zero-order valence-corrected chi connectivity index (χ0v) is 17.5. The summed E-state index contributed by atoms with van der Waals surface area (Å²) in [5.41, 5.74) is 0.834. The highest BCUT2D eigenvalue weighted by molar-refractivity contribution is 7.11. The molecule has 0 aliphatic carbocycles. The first-order chi connectivity index (χ1) is 13.7. The number of nitrogens with one attached hydrogen (secondary N) is 2. The maximum absolute atomic E-state index is 6.01. The van der Waals surface area contributed by atoms with Crippen LogP contribution in [0, 0.1) is 0 Å². The van der Waals surface area contributed by atoms with Crippen molar-refractivity contribution in [3.05, 3.63) is 51.3 Å². The minimum atomic E-state index is 0.536. The van der Waals surface area contributed by atoms with Crippen molar-refractivity contribution in [2.75, 3.05) is 13.1 Å². The Morgan fingerprint density at radius 3 is 2.93 bits per heavy atom. The van der Waals surface area contributed by atoms with E-state index in [9.17, 15) is 0 Å². The molecule has 0 atom stereocenters. The van der Waals surface area contributed by atoms with Crippen LogP contribution >= 0.6 is 22.9 Å². The lowest BCUT2D eigenvalue weighted by Gasteiger charge is -2.09. The lowest BCUT2D eigenvalue weighted by molar-refractivity contribution is 0.378. The van der Waals surface area contributed by atoms with E-state index in [4.69, 9.17) is 16.1 Å². The van der Waals surface area contributed by atoms with Crippen molar-refractivity contribution >= 4 is 28.9 Å². The van der Waals surface area contributed by atoms with E-state index in [2.05, 4.69) is 37.7 Å². The molecule has 0 aliphatic heterocycles. The van der Waals surface area contributed by atoms with Crippen LogP contribution in [0.1, 0.15) is 29.6 Å². The summed E-state index contributed by atoms with van der Waals surface area (Å²) >= 11 is 7.71. The molecule has 2 heterocycles. The lowest BCUT2D eigenvalue weighted by Crippen LogP contribution is -2.38. The van der Waals surface area contributed by atoms with E-state index in [0.717, 1.165) is 29.5 Å². The van der Waals surface area contributed by atoms with Crippen LogP contribution in [0.25, 0.3) is 11.4 Å². The molecule has 1 aromatic carbocycles. The largest absolute Gasteiger partial charge is 0.357 e. The third-order valence-electron chi connectivity index (χ3n) is 3.85. The fraction of sp³-hybridized carbons (Fsp3) is 0.368. The SMILES string of the molecule is CCNC(=NCc1ncc(CC)s1)NCCc1nc(-c2cccc(Cl)c2)no1. The number of aryl methyl sites for hydroxylation is 1. The van der Waals surface area contributed by atoms with Gasteiger partial charge in [0.05, 0.1) is 6.54 Å². The van der Waals surface area contributed by atoms with E-state index in [1.54, 1.807) is 11.3 Å². The van der Waals surface area contributed by atoms with Gasteiger partial charge in [0, 0.05) is 41.2 Å². The Morgan fingerprint density at radius 2 is 2.18 bits per heavy atom. The van der Waals surface area contributed by atoms with Gasteiger partial charge in [0.1, 0.15) is 5.01 Å². The maximum Gasteiger partial charge on any atom is 0.228 e. The zero-order chi connectivity index (χ0) is 19.8. The van der Waals surface area contributed by atoms with Crippen LogP contribution in [-0.2, 0) is 19.4 Å². The van der Waals surface area contributed by atoms with E-state index in [-0.39, 0.29) is 0 Å². The predicted octanol–water partition coefficient (Wildman–Crippen LogP) is 3.71. The van der Waals surface area contributed by atoms with E-state index in [1.165, 1.54) is 4.88 Å². The molecule has 0 fully saturated rings. The predicted molar refractivity (Wildman–Crippen MR) is 113 cm³/mol. The average molecular weight is 419 g/mol. The quantitative estimate of drug-likeness (QED) is 0.428. The van der Waals surface area contributed by atoms with E-state index >= 15 is 0 Å². The first-order valence-electron chi connectivity index (χ1n) is 9.22. The van der Waals surface area contributed by atoms with Crippen LogP contribution in [-0.4, -0.2) is 34.2 Å². The van der Waals surface area contributed by atoms with E-state index in [0.29, 0.717) is 36.2 Å². The monoisotopic (exact) mass is 418 g/mol. The number of rotatable bonds is 8. The van der Waals surface area contributed by atoms with Crippen molar-refractivity contribution in [2.24, 2.45) is 4.99 Å². The number of aliphatic imine (C=N–C) groups is 1. The second-order valence-electron chi connectivity index (χ2n) is 5.97. The summed E-state index contributed by atoms with van der Waals surface area (Å²) in [6, 6.07) is 7.39. The van der Waals surface area contributed by atoms with Crippen LogP contribution in [0.5, 0.6) is 0 Å². The molecule has 2 aromatic heterocycles. The van der Waals surface area contributed by atoms with Crippen LogP contribution in [0.2, 0.25) is 5.02 Å². The molecule has 0 saturated heterocycles. The maximum atomic E-state index is 6.01. The molecule has 0 amide bonds. The molecule has 3 aromatic rings. The van der Waals surface area contributed by atoms with Gasteiger partial charge in [-0.25, -0.2) is 9.98 Å². The Hall–Kier alpha value is -2.45. The first-order valence-corrected chi connectivity index (χ1v) is 10.4. The van der Waals surface area contributed by atoms with Crippen molar-refractivity contribution in [3.63, 3.8) is 0 Å². The van der Waals surface area contributed by atoms with Crippen LogP contribution in [0.3, 0.4) is 0 Å². The summed E-state index contributed by atoms with van der Waals surface area (Å²) in [5, 5.41) is 12.2. The van der Waals surface area contributed by atoms with Gasteiger partial charge in [0.15, 0.2) is 5.96 Å². The summed E-state index contributed by atoms with van der Waals surface area (Å²) in [7, 11) is 0. The number of hydrogen-bond donors (Lipinski definition) is 2. The Morgan fingerprint density at radius 1 is 1.29 bits per heavy atom. The van der Waals surface area contributed by atoms with Crippen molar-refractivity contribution < 1.29 is 4.52 Å². The lowest BCUT2D eigenvalue weighted by atomic mass is 10.2. The molecule has 0 radical (unpaired) electrons. The average Bonchev–Trinajstić information content (AvgIpc) is 3.35. The fourth-order valence-electron chi connectivity index (χ4n) is 2.46. The van der Waals surface area contributed by atoms with Crippen LogP contribution < -0.4 is 10.6 Å². The van der Waals surface area contributed by atoms with Gasteiger partial charge >= 0.3 is 0 Å². The third kappa shape index (κ3) is 5.77. The molecule has 9 heteroatoms. The summed E-state index contributed by atoms with van der Waals surface area (Å²) in [6.45, 7) is 6.12. The van der Waals surface area contributed by atoms with Gasteiger partial charge in [-0.1, -0.05) is 35.8 Å². The summed E-state index contributed by atoms with van der Waals surface area (Å²) in [6.07, 6.45) is 3.51. The van der Waals surface area contributed by atoms with Gasteiger partial charge < -0.3 is 15.2 Å². The van der Waals surface area contributed by atoms with Gasteiger partial charge in [0.25, 0.3) is 0 Å².